The molecule has 0 saturated heterocycles. The van der Waals surface area contributed by atoms with Gasteiger partial charge in [0.1, 0.15) is 6.04 Å². The number of carbonyl (C=O) groups is 2. The minimum atomic E-state index is -0.992. The van der Waals surface area contributed by atoms with Gasteiger partial charge in [-0.3, -0.25) is 4.79 Å². The average molecular weight is 259 g/mol. The van der Waals surface area contributed by atoms with E-state index in [0.717, 1.165) is 6.42 Å². The molecule has 0 fully saturated rings. The van der Waals surface area contributed by atoms with Gasteiger partial charge in [0, 0.05) is 6.54 Å². The summed E-state index contributed by atoms with van der Waals surface area (Å²) in [5, 5.41) is 9.20. The Morgan fingerprint density at radius 3 is 2.22 bits per heavy atom. The topological polar surface area (TPSA) is 110 Å². The lowest BCUT2D eigenvalue weighted by Crippen LogP contribution is -2.48. The monoisotopic (exact) mass is 259 g/mol. The molecule has 106 valence electrons. The van der Waals surface area contributed by atoms with Gasteiger partial charge < -0.3 is 21.5 Å². The molecule has 1 atom stereocenters. The van der Waals surface area contributed by atoms with E-state index in [1.54, 1.807) is 0 Å². The van der Waals surface area contributed by atoms with Crippen LogP contribution in [-0.2, 0) is 9.59 Å². The summed E-state index contributed by atoms with van der Waals surface area (Å²) in [6, 6.07) is -0.816. The molecule has 0 aliphatic carbocycles. The fourth-order valence-electron chi connectivity index (χ4n) is 1.69. The fraction of sp³-hybridized carbons (Fsp3) is 0.833. The van der Waals surface area contributed by atoms with Crippen LogP contribution in [0.2, 0.25) is 0 Å². The normalized spacial score (nSPS) is 12.5. The van der Waals surface area contributed by atoms with Crippen molar-refractivity contribution in [3.63, 3.8) is 0 Å². The van der Waals surface area contributed by atoms with Crippen molar-refractivity contribution in [2.24, 2.45) is 17.4 Å². The Kier molecular flexibility index (Phi) is 8.32. The number of carboxylic acids is 1. The van der Waals surface area contributed by atoms with Gasteiger partial charge in [0.25, 0.3) is 0 Å². The Labute approximate surface area is 108 Å². The highest BCUT2D eigenvalue weighted by Crippen LogP contribution is 2.11. The van der Waals surface area contributed by atoms with Gasteiger partial charge in [-0.2, -0.15) is 0 Å². The van der Waals surface area contributed by atoms with E-state index >= 15 is 0 Å². The predicted octanol–water partition coefficient (Wildman–Crippen LogP) is 0.0119. The Hall–Kier alpha value is -1.14. The van der Waals surface area contributed by atoms with Crippen LogP contribution in [0.3, 0.4) is 0 Å². The van der Waals surface area contributed by atoms with Crippen molar-refractivity contribution in [1.82, 2.24) is 4.90 Å². The lowest BCUT2D eigenvalue weighted by molar-refractivity contribution is -0.150. The van der Waals surface area contributed by atoms with Gasteiger partial charge in [0.2, 0.25) is 5.91 Å². The molecule has 6 nitrogen and oxygen atoms in total. The number of hydrogen-bond acceptors (Lipinski definition) is 4. The van der Waals surface area contributed by atoms with E-state index < -0.39 is 12.0 Å². The summed E-state index contributed by atoms with van der Waals surface area (Å²) >= 11 is 0. The maximum Gasteiger partial charge on any atom is 0.326 e. The molecule has 0 spiro atoms. The molecule has 0 heterocycles. The molecule has 0 aliphatic heterocycles. The SMILES string of the molecule is CC(C)CCN(C(=O)CN)[C@@H](CCCN)C(=O)O. The van der Waals surface area contributed by atoms with Gasteiger partial charge in [0.05, 0.1) is 6.54 Å². The molecule has 0 radical (unpaired) electrons. The van der Waals surface area contributed by atoms with Crippen LogP contribution in [0.5, 0.6) is 0 Å². The Bertz CT molecular complexity index is 269. The van der Waals surface area contributed by atoms with E-state index in [2.05, 4.69) is 0 Å². The van der Waals surface area contributed by atoms with E-state index in [-0.39, 0.29) is 12.5 Å². The highest BCUT2D eigenvalue weighted by molar-refractivity contribution is 5.84. The molecule has 0 aliphatic rings. The van der Waals surface area contributed by atoms with E-state index in [1.807, 2.05) is 13.8 Å². The second kappa shape index (κ2) is 8.88. The molecule has 0 aromatic heterocycles. The first-order valence-corrected chi connectivity index (χ1v) is 6.36. The molecule has 18 heavy (non-hydrogen) atoms. The van der Waals surface area contributed by atoms with Gasteiger partial charge >= 0.3 is 5.97 Å². The summed E-state index contributed by atoms with van der Waals surface area (Å²) in [6.07, 6.45) is 1.71. The number of rotatable bonds is 9. The number of hydrogen-bond donors (Lipinski definition) is 3. The van der Waals surface area contributed by atoms with E-state index in [4.69, 9.17) is 11.5 Å². The average Bonchev–Trinajstić information content (AvgIpc) is 2.31. The summed E-state index contributed by atoms with van der Waals surface area (Å²) < 4.78 is 0. The molecule has 6 heteroatoms. The van der Waals surface area contributed by atoms with E-state index in [0.29, 0.717) is 31.8 Å². The van der Waals surface area contributed by atoms with Crippen molar-refractivity contribution in [2.45, 2.75) is 39.2 Å². The zero-order valence-electron chi connectivity index (χ0n) is 11.3. The summed E-state index contributed by atoms with van der Waals surface area (Å²) in [7, 11) is 0. The van der Waals surface area contributed by atoms with Crippen molar-refractivity contribution in [3.8, 4) is 0 Å². The fourth-order valence-corrected chi connectivity index (χ4v) is 1.69. The largest absolute Gasteiger partial charge is 0.480 e. The number of aliphatic carboxylic acids is 1. The second-order valence-corrected chi connectivity index (χ2v) is 4.76. The summed E-state index contributed by atoms with van der Waals surface area (Å²) in [6.45, 7) is 4.74. The zero-order valence-corrected chi connectivity index (χ0v) is 11.3. The van der Waals surface area contributed by atoms with Crippen LogP contribution in [0.1, 0.15) is 33.1 Å². The molecular weight excluding hydrogens is 234 g/mol. The minimum Gasteiger partial charge on any atom is -0.480 e. The third-order valence-electron chi connectivity index (χ3n) is 2.79. The van der Waals surface area contributed by atoms with Crippen LogP contribution >= 0.6 is 0 Å². The molecular formula is C12H25N3O3. The molecule has 0 bridgehead atoms. The zero-order chi connectivity index (χ0) is 14.1. The third-order valence-corrected chi connectivity index (χ3v) is 2.79. The molecule has 0 rings (SSSR count). The smallest absolute Gasteiger partial charge is 0.326 e. The molecule has 5 N–H and O–H groups in total. The van der Waals surface area contributed by atoms with Crippen molar-refractivity contribution < 1.29 is 14.7 Å². The van der Waals surface area contributed by atoms with Crippen LogP contribution in [-0.4, -0.2) is 47.6 Å². The van der Waals surface area contributed by atoms with Gasteiger partial charge in [-0.15, -0.1) is 0 Å². The van der Waals surface area contributed by atoms with Crippen LogP contribution < -0.4 is 11.5 Å². The highest BCUT2D eigenvalue weighted by atomic mass is 16.4. The summed E-state index contributed by atoms with van der Waals surface area (Å²) in [4.78, 5) is 24.3. The van der Waals surface area contributed by atoms with Crippen LogP contribution in [0.4, 0.5) is 0 Å². The number of amides is 1. The van der Waals surface area contributed by atoms with Gasteiger partial charge in [-0.05, 0) is 31.7 Å². The summed E-state index contributed by atoms with van der Waals surface area (Å²) in [5.41, 5.74) is 10.7. The van der Waals surface area contributed by atoms with Crippen molar-refractivity contribution in [3.05, 3.63) is 0 Å². The minimum absolute atomic E-state index is 0.162. The molecule has 0 unspecified atom stereocenters. The van der Waals surface area contributed by atoms with Gasteiger partial charge in [-0.25, -0.2) is 4.79 Å². The van der Waals surface area contributed by atoms with Crippen molar-refractivity contribution >= 4 is 11.9 Å². The quantitative estimate of drug-likeness (QED) is 0.540. The molecule has 1 amide bonds. The predicted molar refractivity (Wildman–Crippen MR) is 69.9 cm³/mol. The number of nitrogens with zero attached hydrogens (tertiary/aromatic N) is 1. The first kappa shape index (κ1) is 16.9. The Morgan fingerprint density at radius 1 is 1.22 bits per heavy atom. The molecule has 0 saturated carbocycles. The number of carbonyl (C=O) groups excluding carboxylic acids is 1. The first-order chi connectivity index (χ1) is 8.43. The standard InChI is InChI=1S/C12H25N3O3/c1-9(2)5-7-15(11(16)8-14)10(12(17)18)4-3-6-13/h9-10H,3-8,13-14H2,1-2H3,(H,17,18)/t10-/m0/s1. The van der Waals surface area contributed by atoms with Crippen LogP contribution in [0.25, 0.3) is 0 Å². The second-order valence-electron chi connectivity index (χ2n) is 4.76. The van der Waals surface area contributed by atoms with Gasteiger partial charge in [-0.1, -0.05) is 13.8 Å². The highest BCUT2D eigenvalue weighted by Gasteiger charge is 2.28. The molecule has 0 aromatic carbocycles. The maximum absolute atomic E-state index is 11.7. The van der Waals surface area contributed by atoms with E-state index in [9.17, 15) is 14.7 Å². The van der Waals surface area contributed by atoms with Crippen molar-refractivity contribution in [1.29, 1.82) is 0 Å². The number of carboxylic acid groups (broad SMARTS) is 1. The summed E-state index contributed by atoms with van der Waals surface area (Å²) in [5.74, 6) is -0.906. The maximum atomic E-state index is 11.7. The first-order valence-electron chi connectivity index (χ1n) is 6.36. The lowest BCUT2D eigenvalue weighted by Gasteiger charge is -2.29. The van der Waals surface area contributed by atoms with Crippen LogP contribution in [0.15, 0.2) is 0 Å². The van der Waals surface area contributed by atoms with E-state index in [1.165, 1.54) is 4.90 Å². The Balaban J connectivity index is 4.74. The van der Waals surface area contributed by atoms with Crippen LogP contribution in [0, 0.1) is 5.92 Å². The number of nitrogens with two attached hydrogens (primary N) is 2. The Morgan fingerprint density at radius 2 is 1.83 bits per heavy atom. The third kappa shape index (κ3) is 5.97. The van der Waals surface area contributed by atoms with Crippen molar-refractivity contribution in [2.75, 3.05) is 19.6 Å². The molecule has 0 aromatic rings. The lowest BCUT2D eigenvalue weighted by atomic mass is 10.1. The van der Waals surface area contributed by atoms with Gasteiger partial charge in [0.15, 0.2) is 0 Å².